The molecule has 2 aromatic carbocycles. The lowest BCUT2D eigenvalue weighted by Gasteiger charge is -2.18. The number of aryl methyl sites for hydroxylation is 1. The molecule has 1 aromatic heterocycles. The highest BCUT2D eigenvalue weighted by Crippen LogP contribution is 2.35. The molecule has 0 radical (unpaired) electrons. The summed E-state index contributed by atoms with van der Waals surface area (Å²) in [4.78, 5) is 17.9. The highest BCUT2D eigenvalue weighted by Gasteiger charge is 2.22. The fourth-order valence-corrected chi connectivity index (χ4v) is 6.13. The SMILES string of the molecule is CCN(CC)S(=O)(=O)c1ccc(C(=O)N=c2sc3c(OC)ccc(OC)c3n2CC)cc1. The van der Waals surface area contributed by atoms with Crippen molar-refractivity contribution < 1.29 is 22.7 Å². The third-order valence-electron chi connectivity index (χ3n) is 5.15. The molecule has 0 saturated heterocycles. The van der Waals surface area contributed by atoms with Crippen molar-refractivity contribution in [1.82, 2.24) is 8.87 Å². The van der Waals surface area contributed by atoms with Gasteiger partial charge in [-0.2, -0.15) is 9.30 Å². The number of ether oxygens (including phenoxy) is 2. The number of thiazole rings is 1. The number of amides is 1. The average Bonchev–Trinajstić information content (AvgIpc) is 3.17. The van der Waals surface area contributed by atoms with Gasteiger partial charge in [-0.25, -0.2) is 8.42 Å². The Hall–Kier alpha value is -2.69. The van der Waals surface area contributed by atoms with E-state index in [0.717, 1.165) is 10.2 Å². The van der Waals surface area contributed by atoms with Crippen molar-refractivity contribution in [1.29, 1.82) is 0 Å². The summed E-state index contributed by atoms with van der Waals surface area (Å²) in [5, 5.41) is 0. The molecule has 32 heavy (non-hydrogen) atoms. The lowest BCUT2D eigenvalue weighted by molar-refractivity contribution is 0.0997. The molecule has 3 aromatic rings. The summed E-state index contributed by atoms with van der Waals surface area (Å²) in [6.45, 7) is 6.87. The van der Waals surface area contributed by atoms with Crippen LogP contribution in [-0.4, -0.2) is 50.5 Å². The van der Waals surface area contributed by atoms with Crippen LogP contribution >= 0.6 is 11.3 Å². The smallest absolute Gasteiger partial charge is 0.279 e. The Labute approximate surface area is 191 Å². The number of hydrogen-bond acceptors (Lipinski definition) is 6. The van der Waals surface area contributed by atoms with Crippen LogP contribution in [0, 0.1) is 0 Å². The first-order valence-corrected chi connectivity index (χ1v) is 12.5. The molecule has 3 rings (SSSR count). The van der Waals surface area contributed by atoms with Gasteiger partial charge in [-0.3, -0.25) is 4.79 Å². The van der Waals surface area contributed by atoms with Gasteiger partial charge in [0, 0.05) is 25.2 Å². The zero-order chi connectivity index (χ0) is 23.5. The van der Waals surface area contributed by atoms with Crippen molar-refractivity contribution in [2.75, 3.05) is 27.3 Å². The summed E-state index contributed by atoms with van der Waals surface area (Å²) in [5.74, 6) is 0.884. The van der Waals surface area contributed by atoms with Gasteiger partial charge < -0.3 is 14.0 Å². The zero-order valence-electron chi connectivity index (χ0n) is 18.8. The molecule has 8 nitrogen and oxygen atoms in total. The molecular weight excluding hydrogens is 450 g/mol. The molecule has 1 heterocycles. The number of rotatable bonds is 8. The van der Waals surface area contributed by atoms with E-state index in [-0.39, 0.29) is 4.90 Å². The minimum Gasteiger partial charge on any atom is -0.495 e. The number of methoxy groups -OCH3 is 2. The average molecular weight is 478 g/mol. The van der Waals surface area contributed by atoms with Crippen LogP contribution in [-0.2, 0) is 16.6 Å². The quantitative estimate of drug-likeness (QED) is 0.495. The van der Waals surface area contributed by atoms with Crippen LogP contribution in [0.15, 0.2) is 46.3 Å². The summed E-state index contributed by atoms with van der Waals surface area (Å²) >= 11 is 1.34. The molecular formula is C22H27N3O5S2. The topological polar surface area (TPSA) is 90.2 Å². The molecule has 0 unspecified atom stereocenters. The van der Waals surface area contributed by atoms with E-state index in [1.54, 1.807) is 28.1 Å². The number of fused-ring (bicyclic) bond motifs is 1. The van der Waals surface area contributed by atoms with Gasteiger partial charge in [0.25, 0.3) is 5.91 Å². The number of hydrogen-bond donors (Lipinski definition) is 0. The maximum atomic E-state index is 12.9. The largest absolute Gasteiger partial charge is 0.495 e. The molecule has 0 saturated carbocycles. The van der Waals surface area contributed by atoms with Crippen LogP contribution in [0.4, 0.5) is 0 Å². The third kappa shape index (κ3) is 4.30. The van der Waals surface area contributed by atoms with E-state index in [1.165, 1.54) is 39.9 Å². The molecule has 0 bridgehead atoms. The van der Waals surface area contributed by atoms with Crippen molar-refractivity contribution in [3.05, 3.63) is 46.8 Å². The molecule has 0 aliphatic carbocycles. The maximum absolute atomic E-state index is 12.9. The predicted molar refractivity (Wildman–Crippen MR) is 125 cm³/mol. The van der Waals surface area contributed by atoms with E-state index >= 15 is 0 Å². The zero-order valence-corrected chi connectivity index (χ0v) is 20.4. The molecule has 0 fully saturated rings. The summed E-state index contributed by atoms with van der Waals surface area (Å²) in [6, 6.07) is 9.52. The summed E-state index contributed by atoms with van der Waals surface area (Å²) < 4.78 is 40.4. The number of benzene rings is 2. The monoisotopic (exact) mass is 477 g/mol. The lowest BCUT2D eigenvalue weighted by Crippen LogP contribution is -2.30. The fourth-order valence-electron chi connectivity index (χ4n) is 3.47. The predicted octanol–water partition coefficient (Wildman–Crippen LogP) is 3.51. The number of nitrogens with zero attached hydrogens (tertiary/aromatic N) is 3. The maximum Gasteiger partial charge on any atom is 0.279 e. The Morgan fingerprint density at radius 3 is 2.12 bits per heavy atom. The first kappa shape index (κ1) is 24.0. The molecule has 0 spiro atoms. The van der Waals surface area contributed by atoms with Crippen molar-refractivity contribution in [3.8, 4) is 11.5 Å². The lowest BCUT2D eigenvalue weighted by atomic mass is 10.2. The summed E-state index contributed by atoms with van der Waals surface area (Å²) in [5.41, 5.74) is 1.12. The standard InChI is InChI=1S/C22H27N3O5S2/c1-6-24(7-2)32(27,28)16-11-9-15(10-12-16)21(26)23-22-25(8-3)19-17(29-4)13-14-18(30-5)20(19)31-22/h9-14H,6-8H2,1-5H3. The van der Waals surface area contributed by atoms with Crippen molar-refractivity contribution in [2.45, 2.75) is 32.2 Å². The fraction of sp³-hybridized carbons (Fsp3) is 0.364. The minimum atomic E-state index is -3.58. The minimum absolute atomic E-state index is 0.151. The highest BCUT2D eigenvalue weighted by molar-refractivity contribution is 7.89. The number of sulfonamides is 1. The van der Waals surface area contributed by atoms with E-state index in [0.29, 0.717) is 41.5 Å². The van der Waals surface area contributed by atoms with Crippen LogP contribution in [0.3, 0.4) is 0 Å². The van der Waals surface area contributed by atoms with Gasteiger partial charge in [0.05, 0.1) is 19.1 Å². The van der Waals surface area contributed by atoms with Gasteiger partial charge in [0.1, 0.15) is 21.7 Å². The van der Waals surface area contributed by atoms with E-state index in [4.69, 9.17) is 9.47 Å². The van der Waals surface area contributed by atoms with Crippen molar-refractivity contribution in [3.63, 3.8) is 0 Å². The molecule has 0 atom stereocenters. The van der Waals surface area contributed by atoms with Crippen LogP contribution in [0.2, 0.25) is 0 Å². The first-order valence-electron chi connectivity index (χ1n) is 10.3. The Kier molecular flexibility index (Phi) is 7.37. The Morgan fingerprint density at radius 2 is 1.59 bits per heavy atom. The molecule has 172 valence electrons. The number of aromatic nitrogens is 1. The van der Waals surface area contributed by atoms with Gasteiger partial charge in [0.2, 0.25) is 10.0 Å². The summed E-state index contributed by atoms with van der Waals surface area (Å²) in [6.07, 6.45) is 0. The van der Waals surface area contributed by atoms with E-state index in [2.05, 4.69) is 4.99 Å². The number of carbonyl (C=O) groups excluding carboxylic acids is 1. The summed E-state index contributed by atoms with van der Waals surface area (Å²) in [7, 11) is -0.402. The van der Waals surface area contributed by atoms with Crippen LogP contribution < -0.4 is 14.3 Å². The van der Waals surface area contributed by atoms with Gasteiger partial charge in [-0.15, -0.1) is 0 Å². The van der Waals surface area contributed by atoms with E-state index < -0.39 is 15.9 Å². The molecule has 0 aliphatic heterocycles. The number of carbonyl (C=O) groups is 1. The van der Waals surface area contributed by atoms with Gasteiger partial charge >= 0.3 is 0 Å². The molecule has 1 amide bonds. The Bertz CT molecular complexity index is 1290. The van der Waals surface area contributed by atoms with E-state index in [9.17, 15) is 13.2 Å². The molecule has 10 heteroatoms. The molecule has 0 aliphatic rings. The Morgan fingerprint density at radius 1 is 1.00 bits per heavy atom. The second kappa shape index (κ2) is 9.85. The van der Waals surface area contributed by atoms with Gasteiger partial charge in [-0.1, -0.05) is 25.2 Å². The Balaban J connectivity index is 2.05. The van der Waals surface area contributed by atoms with E-state index in [1.807, 2.05) is 23.6 Å². The van der Waals surface area contributed by atoms with Gasteiger partial charge in [-0.05, 0) is 43.3 Å². The third-order valence-corrected chi connectivity index (χ3v) is 8.31. The van der Waals surface area contributed by atoms with Crippen LogP contribution in [0.1, 0.15) is 31.1 Å². The van der Waals surface area contributed by atoms with Crippen molar-refractivity contribution >= 4 is 37.5 Å². The molecule has 0 N–H and O–H groups in total. The first-order chi connectivity index (χ1) is 15.3. The second-order valence-electron chi connectivity index (χ2n) is 6.81. The van der Waals surface area contributed by atoms with Crippen LogP contribution in [0.5, 0.6) is 11.5 Å². The second-order valence-corrected chi connectivity index (χ2v) is 9.72. The highest BCUT2D eigenvalue weighted by atomic mass is 32.2. The van der Waals surface area contributed by atoms with Crippen LogP contribution in [0.25, 0.3) is 10.2 Å². The normalized spacial score (nSPS) is 12.5. The van der Waals surface area contributed by atoms with Gasteiger partial charge in [0.15, 0.2) is 4.80 Å². The van der Waals surface area contributed by atoms with Crippen molar-refractivity contribution in [2.24, 2.45) is 4.99 Å².